The Balaban J connectivity index is 1.75. The number of benzene rings is 3. The second-order valence-corrected chi connectivity index (χ2v) is 8.70. The van der Waals surface area contributed by atoms with Crippen LogP contribution in [0.3, 0.4) is 0 Å². The van der Waals surface area contributed by atoms with Crippen LogP contribution in [0.1, 0.15) is 40.1 Å². The third kappa shape index (κ3) is 6.70. The predicted octanol–water partition coefficient (Wildman–Crippen LogP) is 4.84. The molecule has 5 nitrogen and oxygen atoms in total. The lowest BCUT2D eigenvalue weighted by molar-refractivity contribution is 0.0672. The number of amides is 2. The molecule has 0 bridgehead atoms. The fourth-order valence-corrected chi connectivity index (χ4v) is 3.33. The van der Waals surface area contributed by atoms with E-state index in [1.54, 1.807) is 35.2 Å². The molecular weight excluding hydrogens is 424 g/mol. The van der Waals surface area contributed by atoms with E-state index in [0.29, 0.717) is 18.8 Å². The lowest BCUT2D eigenvalue weighted by Gasteiger charge is -2.32. The van der Waals surface area contributed by atoms with Gasteiger partial charge in [0.15, 0.2) is 0 Å². The highest BCUT2D eigenvalue weighted by molar-refractivity contribution is 6.04. The Bertz CT molecular complexity index is 1130. The van der Waals surface area contributed by atoms with Crippen molar-refractivity contribution in [3.8, 4) is 0 Å². The van der Waals surface area contributed by atoms with Crippen molar-refractivity contribution in [3.63, 3.8) is 0 Å². The van der Waals surface area contributed by atoms with E-state index in [-0.39, 0.29) is 29.0 Å². The summed E-state index contributed by atoms with van der Waals surface area (Å²) in [6, 6.07) is 18.1. The summed E-state index contributed by atoms with van der Waals surface area (Å²) in [5, 5.41) is 2.72. The van der Waals surface area contributed by atoms with Crippen LogP contribution in [-0.2, 0) is 6.54 Å². The van der Waals surface area contributed by atoms with Crippen LogP contribution < -0.4 is 11.1 Å². The molecule has 0 fully saturated rings. The minimum Gasteiger partial charge on any atom is -0.334 e. The zero-order valence-corrected chi connectivity index (χ0v) is 18.6. The molecule has 7 heteroatoms. The van der Waals surface area contributed by atoms with Gasteiger partial charge in [0.25, 0.3) is 11.8 Å². The highest BCUT2D eigenvalue weighted by Gasteiger charge is 2.25. The van der Waals surface area contributed by atoms with Gasteiger partial charge in [0.2, 0.25) is 0 Å². The first-order chi connectivity index (χ1) is 15.7. The van der Waals surface area contributed by atoms with Gasteiger partial charge in [-0.2, -0.15) is 0 Å². The van der Waals surface area contributed by atoms with E-state index >= 15 is 0 Å². The first-order valence-corrected chi connectivity index (χ1v) is 10.6. The van der Waals surface area contributed by atoms with Gasteiger partial charge >= 0.3 is 0 Å². The maximum absolute atomic E-state index is 13.7. The quantitative estimate of drug-likeness (QED) is 0.514. The monoisotopic (exact) mass is 451 g/mol. The summed E-state index contributed by atoms with van der Waals surface area (Å²) >= 11 is 0. The van der Waals surface area contributed by atoms with Gasteiger partial charge in [-0.25, -0.2) is 8.78 Å². The molecule has 0 unspecified atom stereocenters. The zero-order chi connectivity index (χ0) is 24.0. The van der Waals surface area contributed by atoms with Crippen molar-refractivity contribution in [2.75, 3.05) is 18.4 Å². The number of nitrogens with two attached hydrogens (primary N) is 1. The number of hydrogen-bond donors (Lipinski definition) is 2. The lowest BCUT2D eigenvalue weighted by Crippen LogP contribution is -2.41. The molecule has 3 aromatic rings. The van der Waals surface area contributed by atoms with E-state index in [4.69, 9.17) is 5.73 Å². The van der Waals surface area contributed by atoms with Gasteiger partial charge in [-0.3, -0.25) is 9.59 Å². The maximum Gasteiger partial charge on any atom is 0.255 e. The number of hydrogen-bond acceptors (Lipinski definition) is 3. The average Bonchev–Trinajstić information content (AvgIpc) is 2.79. The molecule has 0 aliphatic carbocycles. The highest BCUT2D eigenvalue weighted by atomic mass is 19.1. The van der Waals surface area contributed by atoms with Crippen LogP contribution in [0.5, 0.6) is 0 Å². The summed E-state index contributed by atoms with van der Waals surface area (Å²) in [5.74, 6) is -1.67. The van der Waals surface area contributed by atoms with E-state index in [9.17, 15) is 18.4 Å². The summed E-state index contributed by atoms with van der Waals surface area (Å²) < 4.78 is 27.0. The summed E-state index contributed by atoms with van der Waals surface area (Å²) in [5.41, 5.74) is 7.39. The molecule has 0 aromatic heterocycles. The van der Waals surface area contributed by atoms with E-state index in [1.165, 1.54) is 42.5 Å². The molecule has 0 spiro atoms. The number of rotatable bonds is 8. The minimum atomic E-state index is -0.485. The van der Waals surface area contributed by atoms with E-state index in [0.717, 1.165) is 5.56 Å². The average molecular weight is 452 g/mol. The molecule has 0 radical (unpaired) electrons. The summed E-state index contributed by atoms with van der Waals surface area (Å²) in [4.78, 5) is 27.1. The minimum absolute atomic E-state index is 0.218. The molecule has 3 aromatic carbocycles. The second kappa shape index (κ2) is 10.4. The third-order valence-corrected chi connectivity index (χ3v) is 5.20. The van der Waals surface area contributed by atoms with E-state index < -0.39 is 17.5 Å². The SMILES string of the molecule is CC(C)(CN)CN(Cc1ccc(NC(=O)c2cccc(F)c2)cc1)C(=O)c1cccc(F)c1. The highest BCUT2D eigenvalue weighted by Crippen LogP contribution is 2.21. The van der Waals surface area contributed by atoms with Crippen LogP contribution in [0.25, 0.3) is 0 Å². The Morgan fingerprint density at radius 2 is 1.48 bits per heavy atom. The van der Waals surface area contributed by atoms with Gasteiger partial charge in [-0.05, 0) is 66.1 Å². The Morgan fingerprint density at radius 1 is 0.909 bits per heavy atom. The normalized spacial score (nSPS) is 11.2. The van der Waals surface area contributed by atoms with Crippen LogP contribution >= 0.6 is 0 Å². The van der Waals surface area contributed by atoms with Crippen molar-refractivity contribution in [2.24, 2.45) is 11.1 Å². The Kier molecular flexibility index (Phi) is 7.55. The largest absolute Gasteiger partial charge is 0.334 e. The van der Waals surface area contributed by atoms with Gasteiger partial charge < -0.3 is 16.0 Å². The van der Waals surface area contributed by atoms with E-state index in [1.807, 2.05) is 13.8 Å². The van der Waals surface area contributed by atoms with Gasteiger partial charge in [0.05, 0.1) is 0 Å². The van der Waals surface area contributed by atoms with Crippen LogP contribution in [-0.4, -0.2) is 29.8 Å². The Hall–Kier alpha value is -3.58. The fourth-order valence-electron chi connectivity index (χ4n) is 3.33. The number of nitrogens with zero attached hydrogens (tertiary/aromatic N) is 1. The third-order valence-electron chi connectivity index (χ3n) is 5.20. The molecule has 3 N–H and O–H groups in total. The molecule has 172 valence electrons. The van der Waals surface area contributed by atoms with Crippen LogP contribution in [0, 0.1) is 17.0 Å². The Labute approximate surface area is 192 Å². The van der Waals surface area contributed by atoms with Crippen molar-refractivity contribution in [3.05, 3.63) is 101 Å². The van der Waals surface area contributed by atoms with Crippen molar-refractivity contribution in [2.45, 2.75) is 20.4 Å². The maximum atomic E-state index is 13.7. The second-order valence-electron chi connectivity index (χ2n) is 8.70. The molecule has 0 saturated heterocycles. The van der Waals surface area contributed by atoms with Crippen LogP contribution in [0.4, 0.5) is 14.5 Å². The summed E-state index contributed by atoms with van der Waals surface area (Å²) in [6.07, 6.45) is 0. The smallest absolute Gasteiger partial charge is 0.255 e. The van der Waals surface area contributed by atoms with Gasteiger partial charge in [0, 0.05) is 29.9 Å². The molecular formula is C26H27F2N3O2. The number of carbonyl (C=O) groups is 2. The molecule has 0 aliphatic rings. The predicted molar refractivity (Wildman–Crippen MR) is 125 cm³/mol. The van der Waals surface area contributed by atoms with Crippen LogP contribution in [0.15, 0.2) is 72.8 Å². The Morgan fingerprint density at radius 3 is 2.06 bits per heavy atom. The first kappa shape index (κ1) is 24.1. The van der Waals surface area contributed by atoms with Gasteiger partial charge in [0.1, 0.15) is 11.6 Å². The van der Waals surface area contributed by atoms with Gasteiger partial charge in [-0.15, -0.1) is 0 Å². The summed E-state index contributed by atoms with van der Waals surface area (Å²) in [7, 11) is 0. The van der Waals surface area contributed by atoms with Crippen molar-refractivity contribution in [1.82, 2.24) is 4.90 Å². The van der Waals surface area contributed by atoms with Crippen molar-refractivity contribution >= 4 is 17.5 Å². The first-order valence-electron chi connectivity index (χ1n) is 10.6. The summed E-state index contributed by atoms with van der Waals surface area (Å²) in [6.45, 7) is 4.98. The molecule has 2 amide bonds. The topological polar surface area (TPSA) is 75.4 Å². The molecule has 0 atom stereocenters. The zero-order valence-electron chi connectivity index (χ0n) is 18.6. The number of anilines is 1. The fraction of sp³-hybridized carbons (Fsp3) is 0.231. The molecule has 0 saturated carbocycles. The van der Waals surface area contributed by atoms with E-state index in [2.05, 4.69) is 5.32 Å². The molecule has 3 rings (SSSR count). The number of halogens is 2. The standard InChI is InChI=1S/C26H27F2N3O2/c1-26(2,16-29)17-31(25(33)20-6-4-8-22(28)14-20)15-18-9-11-23(12-10-18)30-24(32)19-5-3-7-21(27)13-19/h3-14H,15-17,29H2,1-2H3,(H,30,32). The molecule has 0 heterocycles. The number of nitrogens with one attached hydrogen (secondary N) is 1. The van der Waals surface area contributed by atoms with Gasteiger partial charge in [-0.1, -0.05) is 38.1 Å². The van der Waals surface area contributed by atoms with Crippen molar-refractivity contribution < 1.29 is 18.4 Å². The molecule has 33 heavy (non-hydrogen) atoms. The lowest BCUT2D eigenvalue weighted by atomic mass is 9.92. The van der Waals surface area contributed by atoms with Crippen molar-refractivity contribution in [1.29, 1.82) is 0 Å². The van der Waals surface area contributed by atoms with Crippen LogP contribution in [0.2, 0.25) is 0 Å². The molecule has 0 aliphatic heterocycles. The number of carbonyl (C=O) groups excluding carboxylic acids is 2.